The van der Waals surface area contributed by atoms with Crippen molar-refractivity contribution in [3.05, 3.63) is 28.7 Å². The molecule has 1 aromatic carbocycles. The first-order valence-electron chi connectivity index (χ1n) is 6.58. The molecule has 2 bridgehead atoms. The topological polar surface area (TPSA) is 32.8 Å². The lowest BCUT2D eigenvalue weighted by Crippen LogP contribution is -2.54. The molecule has 0 radical (unpaired) electrons. The summed E-state index contributed by atoms with van der Waals surface area (Å²) in [7, 11) is 2.15. The Balaban J connectivity index is 0.00000147. The fourth-order valence-corrected chi connectivity index (χ4v) is 3.20. The smallest absolute Gasteiger partial charge is 0.410 e. The van der Waals surface area contributed by atoms with Crippen LogP contribution >= 0.6 is 28.3 Å². The van der Waals surface area contributed by atoms with Crippen molar-refractivity contribution >= 4 is 34.4 Å². The molecule has 2 fully saturated rings. The Bertz CT molecular complexity index is 469. The van der Waals surface area contributed by atoms with Gasteiger partial charge in [0.2, 0.25) is 0 Å². The molecule has 0 aromatic heterocycles. The first kappa shape index (κ1) is 15.6. The van der Waals surface area contributed by atoms with Gasteiger partial charge < -0.3 is 9.64 Å². The molecule has 1 aromatic rings. The maximum Gasteiger partial charge on any atom is 0.415 e. The largest absolute Gasteiger partial charge is 0.415 e. The molecule has 2 saturated heterocycles. The summed E-state index contributed by atoms with van der Waals surface area (Å²) in [5.74, 6) is 0.597. The number of carbonyl (C=O) groups is 1. The zero-order valence-corrected chi connectivity index (χ0v) is 13.7. The van der Waals surface area contributed by atoms with Gasteiger partial charge in [-0.25, -0.2) is 4.79 Å². The standard InChI is InChI=1S/C14H17BrN2O2.ClH/c1-16-11-4-5-12(16)9-17(8-11)14(18)19-13-6-2-10(15)3-7-13;/h2-3,6-7,11-12H,4-5,8-9H2,1H3;1H. The minimum absolute atomic E-state index is 0. The minimum Gasteiger partial charge on any atom is -0.410 e. The van der Waals surface area contributed by atoms with Gasteiger partial charge >= 0.3 is 6.09 Å². The molecule has 2 unspecified atom stereocenters. The summed E-state index contributed by atoms with van der Waals surface area (Å²) in [6.45, 7) is 1.56. The molecule has 1 amide bonds. The SMILES string of the molecule is CN1C2CCC1CN(C(=O)Oc1ccc(Br)cc1)C2.Cl. The Hall–Kier alpha value is -0.780. The number of nitrogens with zero attached hydrogens (tertiary/aromatic N) is 2. The summed E-state index contributed by atoms with van der Waals surface area (Å²) >= 11 is 3.36. The van der Waals surface area contributed by atoms with Crippen LogP contribution in [0.1, 0.15) is 12.8 Å². The van der Waals surface area contributed by atoms with Crippen LogP contribution in [-0.4, -0.2) is 48.1 Å². The number of likely N-dealkylation sites (tertiary alicyclic amines) is 1. The monoisotopic (exact) mass is 360 g/mol. The molecule has 0 saturated carbocycles. The average molecular weight is 362 g/mol. The second-order valence-corrected chi connectivity index (χ2v) is 6.19. The molecule has 0 spiro atoms. The van der Waals surface area contributed by atoms with Crippen LogP contribution in [-0.2, 0) is 0 Å². The van der Waals surface area contributed by atoms with Gasteiger partial charge in [0.05, 0.1) is 0 Å². The number of carbonyl (C=O) groups excluding carboxylic acids is 1. The van der Waals surface area contributed by atoms with E-state index in [1.54, 1.807) is 12.1 Å². The van der Waals surface area contributed by atoms with Crippen molar-refractivity contribution in [3.8, 4) is 5.75 Å². The van der Waals surface area contributed by atoms with E-state index in [0.717, 1.165) is 17.6 Å². The van der Waals surface area contributed by atoms with Crippen molar-refractivity contribution in [1.82, 2.24) is 9.80 Å². The quantitative estimate of drug-likeness (QED) is 0.770. The fourth-order valence-electron chi connectivity index (χ4n) is 2.93. The molecule has 110 valence electrons. The maximum atomic E-state index is 12.2. The van der Waals surface area contributed by atoms with Gasteiger partial charge in [-0.05, 0) is 44.2 Å². The van der Waals surface area contributed by atoms with Crippen molar-refractivity contribution in [1.29, 1.82) is 0 Å². The lowest BCUT2D eigenvalue weighted by molar-refractivity contribution is 0.0825. The van der Waals surface area contributed by atoms with Crippen LogP contribution in [0.2, 0.25) is 0 Å². The maximum absolute atomic E-state index is 12.2. The van der Waals surface area contributed by atoms with E-state index >= 15 is 0 Å². The molecule has 2 aliphatic rings. The number of hydrogen-bond donors (Lipinski definition) is 0. The zero-order valence-electron chi connectivity index (χ0n) is 11.3. The minimum atomic E-state index is -0.229. The van der Waals surface area contributed by atoms with Crippen LogP contribution in [0.3, 0.4) is 0 Å². The number of likely N-dealkylation sites (N-methyl/N-ethyl adjacent to an activating group) is 1. The fraction of sp³-hybridized carbons (Fsp3) is 0.500. The zero-order chi connectivity index (χ0) is 13.4. The Morgan fingerprint density at radius 3 is 2.30 bits per heavy atom. The highest BCUT2D eigenvalue weighted by Crippen LogP contribution is 2.28. The van der Waals surface area contributed by atoms with Crippen LogP contribution in [0.5, 0.6) is 5.75 Å². The summed E-state index contributed by atoms with van der Waals surface area (Å²) in [6.07, 6.45) is 2.14. The number of hydrogen-bond acceptors (Lipinski definition) is 3. The summed E-state index contributed by atoms with van der Waals surface area (Å²) in [5, 5.41) is 0. The first-order chi connectivity index (χ1) is 9.13. The molecule has 3 rings (SSSR count). The molecular formula is C14H18BrClN2O2. The highest BCUT2D eigenvalue weighted by Gasteiger charge is 2.39. The van der Waals surface area contributed by atoms with Crippen LogP contribution in [0.25, 0.3) is 0 Å². The third-order valence-electron chi connectivity index (χ3n) is 4.12. The van der Waals surface area contributed by atoms with Gasteiger partial charge in [-0.15, -0.1) is 12.4 Å². The lowest BCUT2D eigenvalue weighted by Gasteiger charge is -2.38. The van der Waals surface area contributed by atoms with Gasteiger partial charge in [0.1, 0.15) is 5.75 Å². The van der Waals surface area contributed by atoms with E-state index in [9.17, 15) is 4.79 Å². The predicted octanol–water partition coefficient (Wildman–Crippen LogP) is 3.15. The third-order valence-corrected chi connectivity index (χ3v) is 4.65. The summed E-state index contributed by atoms with van der Waals surface area (Å²) in [4.78, 5) is 16.4. The normalized spacial score (nSPS) is 25.2. The summed E-state index contributed by atoms with van der Waals surface area (Å²) in [6, 6.07) is 8.33. The molecule has 2 atom stereocenters. The number of benzene rings is 1. The number of rotatable bonds is 1. The van der Waals surface area contributed by atoms with Gasteiger partial charge in [-0.2, -0.15) is 0 Å². The lowest BCUT2D eigenvalue weighted by atomic mass is 10.2. The number of fused-ring (bicyclic) bond motifs is 2. The molecule has 0 N–H and O–H groups in total. The van der Waals surface area contributed by atoms with Crippen molar-refractivity contribution in [2.75, 3.05) is 20.1 Å². The van der Waals surface area contributed by atoms with E-state index in [1.807, 2.05) is 17.0 Å². The van der Waals surface area contributed by atoms with Crippen LogP contribution in [0.4, 0.5) is 4.79 Å². The molecule has 2 heterocycles. The third kappa shape index (κ3) is 3.10. The average Bonchev–Trinajstić information content (AvgIpc) is 2.64. The molecule has 20 heavy (non-hydrogen) atoms. The Kier molecular flexibility index (Phi) is 4.94. The van der Waals surface area contributed by atoms with Gasteiger partial charge in [-0.1, -0.05) is 15.9 Å². The van der Waals surface area contributed by atoms with Gasteiger partial charge in [-0.3, -0.25) is 4.90 Å². The van der Waals surface area contributed by atoms with Crippen molar-refractivity contribution < 1.29 is 9.53 Å². The summed E-state index contributed by atoms with van der Waals surface area (Å²) < 4.78 is 6.39. The second kappa shape index (κ2) is 6.33. The first-order valence-corrected chi connectivity index (χ1v) is 7.37. The van der Waals surface area contributed by atoms with Crippen LogP contribution in [0.15, 0.2) is 28.7 Å². The Labute approximate surface area is 133 Å². The highest BCUT2D eigenvalue weighted by molar-refractivity contribution is 9.10. The predicted molar refractivity (Wildman–Crippen MR) is 83.6 cm³/mol. The van der Waals surface area contributed by atoms with E-state index in [1.165, 1.54) is 12.8 Å². The van der Waals surface area contributed by atoms with Crippen molar-refractivity contribution in [2.24, 2.45) is 0 Å². The van der Waals surface area contributed by atoms with Crippen LogP contribution in [0, 0.1) is 0 Å². The van der Waals surface area contributed by atoms with Crippen LogP contribution < -0.4 is 4.74 Å². The number of ether oxygens (including phenoxy) is 1. The second-order valence-electron chi connectivity index (χ2n) is 5.28. The van der Waals surface area contributed by atoms with E-state index in [-0.39, 0.29) is 18.5 Å². The van der Waals surface area contributed by atoms with E-state index < -0.39 is 0 Å². The Morgan fingerprint density at radius 2 is 1.75 bits per heavy atom. The van der Waals surface area contributed by atoms with E-state index in [4.69, 9.17) is 4.74 Å². The van der Waals surface area contributed by atoms with Gasteiger partial charge in [0, 0.05) is 29.6 Å². The van der Waals surface area contributed by atoms with Crippen molar-refractivity contribution in [3.63, 3.8) is 0 Å². The van der Waals surface area contributed by atoms with Gasteiger partial charge in [0.25, 0.3) is 0 Å². The number of halogens is 2. The van der Waals surface area contributed by atoms with Gasteiger partial charge in [0.15, 0.2) is 0 Å². The highest BCUT2D eigenvalue weighted by atomic mass is 79.9. The summed E-state index contributed by atoms with van der Waals surface area (Å²) in [5.41, 5.74) is 0. The molecule has 0 aliphatic carbocycles. The number of amides is 1. The van der Waals surface area contributed by atoms with Crippen molar-refractivity contribution in [2.45, 2.75) is 24.9 Å². The van der Waals surface area contributed by atoms with E-state index in [2.05, 4.69) is 27.9 Å². The molecular weight excluding hydrogens is 344 g/mol. The molecule has 4 nitrogen and oxygen atoms in total. The molecule has 2 aliphatic heterocycles. The molecule has 6 heteroatoms. The Morgan fingerprint density at radius 1 is 1.20 bits per heavy atom. The van der Waals surface area contributed by atoms with E-state index in [0.29, 0.717) is 17.8 Å². The number of piperazine rings is 1.